The quantitative estimate of drug-likeness (QED) is 0.527. The van der Waals surface area contributed by atoms with Crippen LogP contribution in [0.3, 0.4) is 0 Å². The predicted octanol–water partition coefficient (Wildman–Crippen LogP) is 3.99. The topological polar surface area (TPSA) is 83.7 Å². The van der Waals surface area contributed by atoms with E-state index in [1.165, 1.54) is 4.90 Å². The molecule has 0 saturated carbocycles. The number of carbonyl (C=O) groups excluding carboxylic acids is 1. The molecule has 2 atom stereocenters. The third kappa shape index (κ3) is 4.46. The molecule has 1 saturated heterocycles. The van der Waals surface area contributed by atoms with Crippen molar-refractivity contribution < 1.29 is 14.1 Å². The van der Waals surface area contributed by atoms with Gasteiger partial charge in [-0.1, -0.05) is 17.3 Å². The van der Waals surface area contributed by atoms with Crippen LogP contribution in [0.5, 0.6) is 5.75 Å². The second kappa shape index (κ2) is 9.29. The third-order valence-electron chi connectivity index (χ3n) is 5.79. The Bertz CT molecular complexity index is 1150. The molecule has 2 aromatic carbocycles. The van der Waals surface area contributed by atoms with Crippen molar-refractivity contribution in [3.05, 3.63) is 72.4 Å². The highest BCUT2D eigenvalue weighted by Gasteiger charge is 2.40. The fourth-order valence-electron chi connectivity index (χ4n) is 4.07. The molecule has 0 bridgehead atoms. The van der Waals surface area contributed by atoms with Gasteiger partial charge in [0.1, 0.15) is 18.3 Å². The highest BCUT2D eigenvalue weighted by Crippen LogP contribution is 2.32. The number of amides is 1. The average Bonchev–Trinajstić information content (AvgIpc) is 3.50. The van der Waals surface area contributed by atoms with Crippen LogP contribution >= 0.6 is 11.8 Å². The van der Waals surface area contributed by atoms with Crippen LogP contribution in [-0.2, 0) is 11.3 Å². The van der Waals surface area contributed by atoms with Gasteiger partial charge in [-0.25, -0.2) is 5.43 Å². The molecule has 1 aromatic heterocycles. The van der Waals surface area contributed by atoms with Crippen molar-refractivity contribution in [1.29, 1.82) is 0 Å². The van der Waals surface area contributed by atoms with Crippen LogP contribution in [-0.4, -0.2) is 44.9 Å². The average molecular weight is 464 g/mol. The lowest BCUT2D eigenvalue weighted by Crippen LogP contribution is -2.47. The van der Waals surface area contributed by atoms with Gasteiger partial charge in [0.25, 0.3) is 5.91 Å². The minimum absolute atomic E-state index is 0.00232. The maximum Gasteiger partial charge on any atom is 0.251 e. The van der Waals surface area contributed by atoms with Crippen LogP contribution in [0.1, 0.15) is 30.8 Å². The first-order valence-electron chi connectivity index (χ1n) is 10.9. The molecule has 2 aliphatic heterocycles. The Morgan fingerprint density at radius 2 is 1.94 bits per heavy atom. The van der Waals surface area contributed by atoms with Crippen LogP contribution in [0.25, 0.3) is 11.4 Å². The number of hydrogen-bond acceptors (Lipinski definition) is 8. The number of hydrazine groups is 1. The van der Waals surface area contributed by atoms with E-state index >= 15 is 0 Å². The molecule has 3 heterocycles. The van der Waals surface area contributed by atoms with E-state index in [-0.39, 0.29) is 24.5 Å². The highest BCUT2D eigenvalue weighted by atomic mass is 32.2. The van der Waals surface area contributed by atoms with E-state index in [0.29, 0.717) is 24.7 Å². The van der Waals surface area contributed by atoms with E-state index in [2.05, 4.69) is 15.6 Å². The lowest BCUT2D eigenvalue weighted by Gasteiger charge is -2.30. The number of carbonyl (C=O) groups is 1. The van der Waals surface area contributed by atoms with Crippen molar-refractivity contribution in [3.8, 4) is 17.1 Å². The number of nitrogens with one attached hydrogen (secondary N) is 1. The summed E-state index contributed by atoms with van der Waals surface area (Å²) in [6.45, 7) is 2.84. The van der Waals surface area contributed by atoms with Gasteiger partial charge in [0.2, 0.25) is 11.7 Å². The summed E-state index contributed by atoms with van der Waals surface area (Å²) in [6.07, 6.45) is 6.35. The molecule has 1 N–H and O–H groups in total. The number of aromatic nitrogens is 2. The molecular formula is C24H25N5O3S. The molecule has 2 unspecified atom stereocenters. The van der Waals surface area contributed by atoms with Crippen LogP contribution in [0.4, 0.5) is 0 Å². The largest absolute Gasteiger partial charge is 0.494 e. The van der Waals surface area contributed by atoms with E-state index in [0.717, 1.165) is 16.9 Å². The van der Waals surface area contributed by atoms with Gasteiger partial charge in [-0.05, 0) is 61.6 Å². The summed E-state index contributed by atoms with van der Waals surface area (Å²) in [7, 11) is 0. The molecule has 5 rings (SSSR count). The maximum absolute atomic E-state index is 13.2. The van der Waals surface area contributed by atoms with Crippen molar-refractivity contribution in [2.45, 2.75) is 36.9 Å². The Kier molecular flexibility index (Phi) is 6.06. The summed E-state index contributed by atoms with van der Waals surface area (Å²) < 4.78 is 10.9. The molecule has 8 nitrogen and oxygen atoms in total. The SMILES string of the molecule is CCOc1ccc(C2CC3C(=O)N(Cc4nc(-c5ccc(SC)cc5)no4)C=CN3N2)cc1. The Hall–Kier alpha value is -3.30. The van der Waals surface area contributed by atoms with E-state index in [4.69, 9.17) is 9.26 Å². The molecular weight excluding hydrogens is 438 g/mol. The van der Waals surface area contributed by atoms with E-state index < -0.39 is 0 Å². The zero-order valence-corrected chi connectivity index (χ0v) is 19.3. The first kappa shape index (κ1) is 21.5. The Labute approximate surface area is 196 Å². The normalized spacial score (nSPS) is 19.8. The molecule has 0 aliphatic carbocycles. The summed E-state index contributed by atoms with van der Waals surface area (Å²) in [6, 6.07) is 15.8. The van der Waals surface area contributed by atoms with Gasteiger partial charge in [0, 0.05) is 22.9 Å². The molecule has 33 heavy (non-hydrogen) atoms. The van der Waals surface area contributed by atoms with Gasteiger partial charge < -0.3 is 19.2 Å². The summed E-state index contributed by atoms with van der Waals surface area (Å²) >= 11 is 1.68. The minimum Gasteiger partial charge on any atom is -0.494 e. The van der Waals surface area contributed by atoms with E-state index in [1.54, 1.807) is 22.9 Å². The van der Waals surface area contributed by atoms with Gasteiger partial charge in [-0.2, -0.15) is 4.98 Å². The lowest BCUT2D eigenvalue weighted by atomic mass is 10.0. The second-order valence-corrected chi connectivity index (χ2v) is 8.73. The summed E-state index contributed by atoms with van der Waals surface area (Å²) in [4.78, 5) is 20.4. The monoisotopic (exact) mass is 463 g/mol. The molecule has 0 radical (unpaired) electrons. The molecule has 0 spiro atoms. The summed E-state index contributed by atoms with van der Waals surface area (Å²) in [5.74, 6) is 1.77. The smallest absolute Gasteiger partial charge is 0.251 e. The number of hydrogen-bond donors (Lipinski definition) is 1. The van der Waals surface area contributed by atoms with Gasteiger partial charge in [-0.3, -0.25) is 4.79 Å². The number of thioether (sulfide) groups is 1. The molecule has 9 heteroatoms. The number of fused-ring (bicyclic) bond motifs is 1. The van der Waals surface area contributed by atoms with Crippen molar-refractivity contribution in [2.75, 3.05) is 12.9 Å². The minimum atomic E-state index is -0.284. The predicted molar refractivity (Wildman–Crippen MR) is 125 cm³/mol. The molecule has 2 aliphatic rings. The van der Waals surface area contributed by atoms with Gasteiger partial charge in [0.05, 0.1) is 12.6 Å². The number of benzene rings is 2. The Morgan fingerprint density at radius 3 is 2.67 bits per heavy atom. The highest BCUT2D eigenvalue weighted by molar-refractivity contribution is 7.98. The second-order valence-electron chi connectivity index (χ2n) is 7.85. The van der Waals surface area contributed by atoms with Crippen LogP contribution in [0.15, 0.2) is 70.3 Å². The fraction of sp³-hybridized carbons (Fsp3) is 0.292. The van der Waals surface area contributed by atoms with Crippen molar-refractivity contribution in [2.24, 2.45) is 0 Å². The van der Waals surface area contributed by atoms with Crippen molar-refractivity contribution >= 4 is 17.7 Å². The molecule has 1 amide bonds. The lowest BCUT2D eigenvalue weighted by molar-refractivity contribution is -0.135. The van der Waals surface area contributed by atoms with Crippen LogP contribution in [0, 0.1) is 0 Å². The first-order chi connectivity index (χ1) is 16.1. The number of nitrogens with zero attached hydrogens (tertiary/aromatic N) is 4. The maximum atomic E-state index is 13.2. The van der Waals surface area contributed by atoms with Crippen LogP contribution < -0.4 is 10.2 Å². The zero-order chi connectivity index (χ0) is 22.8. The fourth-order valence-corrected chi connectivity index (χ4v) is 4.48. The molecule has 1 fully saturated rings. The zero-order valence-electron chi connectivity index (χ0n) is 18.5. The Balaban J connectivity index is 1.24. The van der Waals surface area contributed by atoms with Gasteiger partial charge >= 0.3 is 0 Å². The first-order valence-corrected chi connectivity index (χ1v) is 12.1. The Morgan fingerprint density at radius 1 is 1.15 bits per heavy atom. The standard InChI is InChI=1S/C24H25N5O3S/c1-3-31-18-8-4-16(5-9-18)20-14-21-24(30)28(12-13-29(21)26-20)15-22-25-23(27-32-22)17-6-10-19(33-2)11-7-17/h4-13,20-21,26H,3,14-15H2,1-2H3. The van der Waals surface area contributed by atoms with E-state index in [1.807, 2.05) is 72.9 Å². The van der Waals surface area contributed by atoms with Crippen LogP contribution in [0.2, 0.25) is 0 Å². The van der Waals surface area contributed by atoms with Crippen molar-refractivity contribution in [3.63, 3.8) is 0 Å². The molecule has 3 aromatic rings. The van der Waals surface area contributed by atoms with E-state index in [9.17, 15) is 4.79 Å². The number of rotatable bonds is 7. The third-order valence-corrected chi connectivity index (χ3v) is 6.53. The summed E-state index contributed by atoms with van der Waals surface area (Å²) in [5.41, 5.74) is 5.42. The number of ether oxygens (including phenoxy) is 1. The molecule has 170 valence electrons. The summed E-state index contributed by atoms with van der Waals surface area (Å²) in [5, 5.41) is 5.96. The van der Waals surface area contributed by atoms with Gasteiger partial charge in [0.15, 0.2) is 0 Å². The van der Waals surface area contributed by atoms with Gasteiger partial charge in [-0.15, -0.1) is 11.8 Å². The van der Waals surface area contributed by atoms with Crippen molar-refractivity contribution in [1.82, 2.24) is 25.5 Å².